The lowest BCUT2D eigenvalue weighted by atomic mass is 10.2. The van der Waals surface area contributed by atoms with Gasteiger partial charge in [-0.25, -0.2) is 4.79 Å². The van der Waals surface area contributed by atoms with Crippen LogP contribution in [0.3, 0.4) is 0 Å². The summed E-state index contributed by atoms with van der Waals surface area (Å²) in [5, 5.41) is 9.30. The van der Waals surface area contributed by atoms with E-state index in [0.717, 1.165) is 0 Å². The number of benzene rings is 1. The molecule has 0 fully saturated rings. The summed E-state index contributed by atoms with van der Waals surface area (Å²) in [5.41, 5.74) is 0.285. The highest BCUT2D eigenvalue weighted by atomic mass is 127. The first-order valence-corrected chi connectivity index (χ1v) is 4.27. The smallest absolute Gasteiger partial charge is 0.347 e. The number of phenolic OH excluding ortho intramolecular Hbond substituents is 1. The maximum atomic E-state index is 11.0. The summed E-state index contributed by atoms with van der Waals surface area (Å²) in [6.45, 7) is 0. The van der Waals surface area contributed by atoms with Crippen LogP contribution in [0, 0.1) is 0 Å². The van der Waals surface area contributed by atoms with Crippen LogP contribution in [0.15, 0.2) is 18.2 Å². The first-order chi connectivity index (χ1) is 6.19. The van der Waals surface area contributed by atoms with Gasteiger partial charge >= 0.3 is 5.97 Å². The lowest BCUT2D eigenvalue weighted by Gasteiger charge is -2.03. The second kappa shape index (κ2) is 4.31. The van der Waals surface area contributed by atoms with Gasteiger partial charge in [0.1, 0.15) is 0 Å². The van der Waals surface area contributed by atoms with Crippen LogP contribution in [0.5, 0.6) is 11.5 Å². The van der Waals surface area contributed by atoms with Gasteiger partial charge in [0.15, 0.2) is 34.5 Å². The van der Waals surface area contributed by atoms with Crippen LogP contribution >= 0.6 is 23.0 Å². The summed E-state index contributed by atoms with van der Waals surface area (Å²) in [5.74, 6) is -0.259. The van der Waals surface area contributed by atoms with E-state index in [1.165, 1.54) is 48.3 Å². The topological polar surface area (TPSA) is 55.8 Å². The van der Waals surface area contributed by atoms with Crippen LogP contribution in [0.1, 0.15) is 10.4 Å². The van der Waals surface area contributed by atoms with Crippen molar-refractivity contribution in [3.8, 4) is 11.5 Å². The summed E-state index contributed by atoms with van der Waals surface area (Å²) in [6, 6.07) is 4.30. The van der Waals surface area contributed by atoms with Gasteiger partial charge in [0.05, 0.1) is 12.7 Å². The van der Waals surface area contributed by atoms with Crippen molar-refractivity contribution in [1.29, 1.82) is 0 Å². The van der Waals surface area contributed by atoms with Crippen molar-refractivity contribution in [1.82, 2.24) is 0 Å². The van der Waals surface area contributed by atoms with E-state index in [4.69, 9.17) is 4.74 Å². The molecule has 1 N–H and O–H groups in total. The minimum Gasteiger partial charge on any atom is -0.504 e. The lowest BCUT2D eigenvalue weighted by Crippen LogP contribution is -1.97. The number of methoxy groups -OCH3 is 1. The predicted molar refractivity (Wildman–Crippen MR) is 54.1 cm³/mol. The number of phenols is 1. The lowest BCUT2D eigenvalue weighted by molar-refractivity contribution is 0.0800. The summed E-state index contributed by atoms with van der Waals surface area (Å²) in [6.07, 6.45) is 0. The number of carbonyl (C=O) groups excluding carboxylic acids is 1. The number of rotatable bonds is 2. The molecule has 1 rings (SSSR count). The number of hydrogen-bond acceptors (Lipinski definition) is 4. The minimum absolute atomic E-state index is 0.0817. The molecule has 0 radical (unpaired) electrons. The molecule has 70 valence electrons. The second-order valence-electron chi connectivity index (χ2n) is 2.25. The summed E-state index contributed by atoms with van der Waals surface area (Å²) >= 11 is 1.48. The van der Waals surface area contributed by atoms with Gasteiger partial charge in [0.2, 0.25) is 0 Å². The molecule has 0 aliphatic heterocycles. The van der Waals surface area contributed by atoms with E-state index in [-0.39, 0.29) is 11.3 Å². The van der Waals surface area contributed by atoms with Crippen molar-refractivity contribution in [3.63, 3.8) is 0 Å². The fraction of sp³-hybridized carbons (Fsp3) is 0.125. The maximum Gasteiger partial charge on any atom is 0.347 e. The van der Waals surface area contributed by atoms with Gasteiger partial charge in [-0.05, 0) is 18.2 Å². The van der Waals surface area contributed by atoms with Crippen molar-refractivity contribution < 1.29 is 17.7 Å². The zero-order chi connectivity index (χ0) is 9.84. The summed E-state index contributed by atoms with van der Waals surface area (Å²) in [7, 11) is 1.44. The molecule has 0 unspecified atom stereocenters. The highest BCUT2D eigenvalue weighted by molar-refractivity contribution is 14.1. The molecule has 4 nitrogen and oxygen atoms in total. The molecule has 0 atom stereocenters. The van der Waals surface area contributed by atoms with Gasteiger partial charge in [-0.15, -0.1) is 0 Å². The Labute approximate surface area is 89.2 Å². The second-order valence-corrected chi connectivity index (χ2v) is 2.69. The average Bonchev–Trinajstić information content (AvgIpc) is 2.16. The van der Waals surface area contributed by atoms with Crippen LogP contribution in [0.25, 0.3) is 0 Å². The third-order valence-corrected chi connectivity index (χ3v) is 1.88. The Morgan fingerprint density at radius 2 is 2.23 bits per heavy atom. The van der Waals surface area contributed by atoms with Gasteiger partial charge < -0.3 is 12.9 Å². The Morgan fingerprint density at radius 3 is 2.69 bits per heavy atom. The maximum absolute atomic E-state index is 11.0. The Hall–Kier alpha value is -0.980. The summed E-state index contributed by atoms with van der Waals surface area (Å²) in [4.78, 5) is 11.0. The Bertz CT molecular complexity index is 324. The molecule has 0 aliphatic carbocycles. The number of halogens is 1. The van der Waals surface area contributed by atoms with E-state index in [1.807, 2.05) is 0 Å². The molecular weight excluding hydrogens is 287 g/mol. The molecule has 0 bridgehead atoms. The normalized spacial score (nSPS) is 9.38. The van der Waals surface area contributed by atoms with E-state index >= 15 is 0 Å². The van der Waals surface area contributed by atoms with E-state index in [9.17, 15) is 9.90 Å². The Balaban J connectivity index is 3.02. The molecule has 5 heteroatoms. The van der Waals surface area contributed by atoms with Gasteiger partial charge in [-0.2, -0.15) is 0 Å². The largest absolute Gasteiger partial charge is 0.504 e. The fourth-order valence-electron chi connectivity index (χ4n) is 0.862. The zero-order valence-electron chi connectivity index (χ0n) is 6.78. The quantitative estimate of drug-likeness (QED) is 0.847. The molecule has 13 heavy (non-hydrogen) atoms. The minimum atomic E-state index is -0.501. The van der Waals surface area contributed by atoms with Crippen molar-refractivity contribution in [2.24, 2.45) is 0 Å². The van der Waals surface area contributed by atoms with E-state index < -0.39 is 5.97 Å². The van der Waals surface area contributed by atoms with Crippen molar-refractivity contribution >= 4 is 29.0 Å². The van der Waals surface area contributed by atoms with Crippen LogP contribution in [0.4, 0.5) is 0 Å². The SMILES string of the molecule is COc1ccc(C(=O)OI)cc1O. The number of carbonyl (C=O) groups is 1. The first kappa shape index (κ1) is 10.1. The van der Waals surface area contributed by atoms with Crippen LogP contribution in [-0.4, -0.2) is 18.2 Å². The molecule has 0 aliphatic rings. The molecule has 0 saturated heterocycles. The number of hydrogen-bond donors (Lipinski definition) is 1. The van der Waals surface area contributed by atoms with Gasteiger partial charge in [-0.1, -0.05) is 0 Å². The molecule has 0 amide bonds. The molecule has 0 aromatic heterocycles. The van der Waals surface area contributed by atoms with Crippen molar-refractivity contribution in [3.05, 3.63) is 23.8 Å². The molecule has 0 saturated carbocycles. The molecular formula is C8H7IO4. The highest BCUT2D eigenvalue weighted by Crippen LogP contribution is 2.26. The van der Waals surface area contributed by atoms with E-state index in [2.05, 4.69) is 3.07 Å². The third-order valence-electron chi connectivity index (χ3n) is 1.48. The monoisotopic (exact) mass is 294 g/mol. The average molecular weight is 294 g/mol. The standard InChI is InChI=1S/C8H7IO4/c1-12-7-3-2-5(4-6(7)10)8(11)13-9/h2-4,10H,1H3. The number of ether oxygens (including phenoxy) is 1. The fourth-order valence-corrected chi connectivity index (χ4v) is 1.12. The van der Waals surface area contributed by atoms with E-state index in [0.29, 0.717) is 5.75 Å². The van der Waals surface area contributed by atoms with Gasteiger partial charge in [0, 0.05) is 0 Å². The van der Waals surface area contributed by atoms with Crippen molar-refractivity contribution in [2.45, 2.75) is 0 Å². The predicted octanol–water partition coefficient (Wildman–Crippen LogP) is 1.91. The highest BCUT2D eigenvalue weighted by Gasteiger charge is 2.09. The molecule has 1 aromatic carbocycles. The van der Waals surface area contributed by atoms with Gasteiger partial charge in [-0.3, -0.25) is 0 Å². The van der Waals surface area contributed by atoms with E-state index in [1.54, 1.807) is 0 Å². The summed E-state index contributed by atoms with van der Waals surface area (Å²) < 4.78 is 9.25. The van der Waals surface area contributed by atoms with Crippen LogP contribution in [-0.2, 0) is 3.07 Å². The molecule has 0 heterocycles. The van der Waals surface area contributed by atoms with Crippen LogP contribution in [0.2, 0.25) is 0 Å². The third kappa shape index (κ3) is 2.24. The zero-order valence-corrected chi connectivity index (χ0v) is 8.94. The molecule has 0 spiro atoms. The van der Waals surface area contributed by atoms with Crippen LogP contribution < -0.4 is 4.74 Å². The first-order valence-electron chi connectivity index (χ1n) is 3.39. The number of aromatic hydroxyl groups is 1. The van der Waals surface area contributed by atoms with Crippen molar-refractivity contribution in [2.75, 3.05) is 7.11 Å². The Kier molecular flexibility index (Phi) is 3.35. The molecule has 1 aromatic rings. The van der Waals surface area contributed by atoms with Gasteiger partial charge in [0.25, 0.3) is 0 Å². The Morgan fingerprint density at radius 1 is 1.54 bits per heavy atom.